The molecule has 172 valence electrons. The van der Waals surface area contributed by atoms with Crippen molar-refractivity contribution in [3.63, 3.8) is 0 Å². The van der Waals surface area contributed by atoms with Gasteiger partial charge < -0.3 is 24.7 Å². The second kappa shape index (κ2) is 8.99. The van der Waals surface area contributed by atoms with E-state index in [1.165, 1.54) is 0 Å². The molecule has 0 spiro atoms. The second-order valence-electron chi connectivity index (χ2n) is 7.75. The largest absolute Gasteiger partial charge is 0.493 e. The maximum absolute atomic E-state index is 12.1. The molecule has 0 saturated heterocycles. The highest BCUT2D eigenvalue weighted by Crippen LogP contribution is 2.47. The molecule has 1 aromatic heterocycles. The molecule has 0 aliphatic heterocycles. The lowest BCUT2D eigenvalue weighted by Gasteiger charge is -2.35. The van der Waals surface area contributed by atoms with Crippen LogP contribution in [0.5, 0.6) is 17.2 Å². The van der Waals surface area contributed by atoms with Crippen LogP contribution in [0, 0.1) is 0 Å². The van der Waals surface area contributed by atoms with Crippen LogP contribution < -0.4 is 19.9 Å². The molecule has 1 unspecified atom stereocenters. The fourth-order valence-corrected chi connectivity index (χ4v) is 4.47. The fraction of sp³-hybridized carbons (Fsp3) is 0.280. The Balaban J connectivity index is 1.99. The number of amides is 1. The van der Waals surface area contributed by atoms with Gasteiger partial charge in [-0.25, -0.2) is 4.68 Å². The van der Waals surface area contributed by atoms with E-state index in [9.17, 15) is 4.79 Å². The first-order valence-corrected chi connectivity index (χ1v) is 10.4. The molecule has 0 fully saturated rings. The SMILES string of the molecule is COCn1nc(C(N)=O)c2c1CC(c1ccccc1)(c1cc(OC)c(OC)c(OC)c1)C=C2. The van der Waals surface area contributed by atoms with Gasteiger partial charge in [-0.15, -0.1) is 0 Å². The lowest BCUT2D eigenvalue weighted by molar-refractivity contribution is 0.0985. The zero-order valence-corrected chi connectivity index (χ0v) is 19.1. The van der Waals surface area contributed by atoms with E-state index in [0.29, 0.717) is 29.2 Å². The molecule has 2 aromatic carbocycles. The summed E-state index contributed by atoms with van der Waals surface area (Å²) in [6, 6.07) is 14.0. The Morgan fingerprint density at radius 2 is 1.70 bits per heavy atom. The Kier molecular flexibility index (Phi) is 6.11. The number of rotatable bonds is 8. The van der Waals surface area contributed by atoms with Crippen molar-refractivity contribution in [3.8, 4) is 17.2 Å². The number of aromatic nitrogens is 2. The van der Waals surface area contributed by atoms with Crippen molar-refractivity contribution in [2.24, 2.45) is 5.73 Å². The zero-order chi connectivity index (χ0) is 23.6. The van der Waals surface area contributed by atoms with E-state index in [2.05, 4.69) is 23.3 Å². The minimum absolute atomic E-state index is 0.198. The highest BCUT2D eigenvalue weighted by Gasteiger charge is 2.39. The number of allylic oxidation sites excluding steroid dienone is 1. The van der Waals surface area contributed by atoms with Gasteiger partial charge in [0.1, 0.15) is 6.73 Å². The second-order valence-corrected chi connectivity index (χ2v) is 7.75. The van der Waals surface area contributed by atoms with Gasteiger partial charge in [-0.1, -0.05) is 42.5 Å². The summed E-state index contributed by atoms with van der Waals surface area (Å²) in [7, 11) is 6.35. The Morgan fingerprint density at radius 3 is 2.24 bits per heavy atom. The first kappa shape index (κ1) is 22.4. The van der Waals surface area contributed by atoms with Gasteiger partial charge >= 0.3 is 0 Å². The molecular formula is C25H27N3O5. The van der Waals surface area contributed by atoms with Crippen LogP contribution in [0.15, 0.2) is 48.5 Å². The Hall–Kier alpha value is -3.78. The van der Waals surface area contributed by atoms with Crippen molar-refractivity contribution < 1.29 is 23.7 Å². The third-order valence-corrected chi connectivity index (χ3v) is 6.03. The summed E-state index contributed by atoms with van der Waals surface area (Å²) in [5.74, 6) is 1.06. The minimum Gasteiger partial charge on any atom is -0.493 e. The average molecular weight is 450 g/mol. The number of hydrogen-bond acceptors (Lipinski definition) is 6. The van der Waals surface area contributed by atoms with Crippen LogP contribution in [0.3, 0.4) is 0 Å². The van der Waals surface area contributed by atoms with E-state index < -0.39 is 11.3 Å². The molecule has 1 atom stereocenters. The normalized spacial score (nSPS) is 16.8. The Labute approximate surface area is 192 Å². The number of carbonyl (C=O) groups excluding carboxylic acids is 1. The molecule has 0 bridgehead atoms. The molecule has 0 saturated carbocycles. The van der Waals surface area contributed by atoms with E-state index in [1.54, 1.807) is 33.1 Å². The number of nitrogens with two attached hydrogens (primary N) is 1. The van der Waals surface area contributed by atoms with Crippen LogP contribution in [0.1, 0.15) is 32.9 Å². The average Bonchev–Trinajstić information content (AvgIpc) is 3.21. The van der Waals surface area contributed by atoms with Crippen LogP contribution >= 0.6 is 0 Å². The third-order valence-electron chi connectivity index (χ3n) is 6.03. The van der Waals surface area contributed by atoms with Crippen LogP contribution in [-0.2, 0) is 23.3 Å². The van der Waals surface area contributed by atoms with Gasteiger partial charge in [-0.2, -0.15) is 5.10 Å². The summed E-state index contributed by atoms with van der Waals surface area (Å²) < 4.78 is 23.8. The maximum Gasteiger partial charge on any atom is 0.269 e. The van der Waals surface area contributed by atoms with E-state index in [-0.39, 0.29) is 12.4 Å². The molecule has 1 amide bonds. The van der Waals surface area contributed by atoms with Gasteiger partial charge in [0.15, 0.2) is 17.2 Å². The number of carbonyl (C=O) groups is 1. The fourth-order valence-electron chi connectivity index (χ4n) is 4.47. The molecule has 0 radical (unpaired) electrons. The standard InChI is InChI=1S/C25H27N3O5/c1-30-15-28-19-14-25(16-8-6-5-7-9-16,11-10-18(19)22(27-28)24(26)29)17-12-20(31-2)23(33-4)21(13-17)32-3/h5-13H,14-15H2,1-4H3,(H2,26,29). The summed E-state index contributed by atoms with van der Waals surface area (Å²) in [6.45, 7) is 0.198. The zero-order valence-electron chi connectivity index (χ0n) is 19.1. The van der Waals surface area contributed by atoms with E-state index >= 15 is 0 Å². The Bertz CT molecular complexity index is 1180. The van der Waals surface area contributed by atoms with Gasteiger partial charge in [0.25, 0.3) is 5.91 Å². The molecule has 1 aliphatic rings. The number of primary amides is 1. The number of hydrogen-bond donors (Lipinski definition) is 1. The van der Waals surface area contributed by atoms with Crippen LogP contribution in [-0.4, -0.2) is 44.1 Å². The van der Waals surface area contributed by atoms with Crippen molar-refractivity contribution in [2.45, 2.75) is 18.6 Å². The summed E-state index contributed by atoms with van der Waals surface area (Å²) in [5, 5.41) is 4.43. The molecule has 1 aliphatic carbocycles. The van der Waals surface area contributed by atoms with Gasteiger partial charge in [0.05, 0.1) is 27.0 Å². The highest BCUT2D eigenvalue weighted by molar-refractivity contribution is 5.95. The van der Waals surface area contributed by atoms with Crippen LogP contribution in [0.4, 0.5) is 0 Å². The smallest absolute Gasteiger partial charge is 0.269 e. The molecule has 2 N–H and O–H groups in total. The van der Waals surface area contributed by atoms with E-state index in [4.69, 9.17) is 24.7 Å². The highest BCUT2D eigenvalue weighted by atomic mass is 16.5. The molecule has 8 heteroatoms. The topological polar surface area (TPSA) is 97.8 Å². The predicted molar refractivity (Wildman–Crippen MR) is 124 cm³/mol. The Morgan fingerprint density at radius 1 is 1.03 bits per heavy atom. The molecule has 4 rings (SSSR count). The van der Waals surface area contributed by atoms with Gasteiger partial charge in [-0.05, 0) is 23.3 Å². The lowest BCUT2D eigenvalue weighted by Crippen LogP contribution is -2.32. The predicted octanol–water partition coefficient (Wildman–Crippen LogP) is 3.17. The van der Waals surface area contributed by atoms with E-state index in [0.717, 1.165) is 16.8 Å². The van der Waals surface area contributed by atoms with Crippen molar-refractivity contribution in [1.82, 2.24) is 9.78 Å². The third kappa shape index (κ3) is 3.72. The molecular weight excluding hydrogens is 422 g/mol. The quantitative estimate of drug-likeness (QED) is 0.567. The number of benzene rings is 2. The van der Waals surface area contributed by atoms with E-state index in [1.807, 2.05) is 36.4 Å². The monoisotopic (exact) mass is 449 g/mol. The molecule has 3 aromatic rings. The summed E-state index contributed by atoms with van der Waals surface area (Å²) in [6.07, 6.45) is 4.51. The lowest BCUT2D eigenvalue weighted by atomic mass is 9.68. The number of nitrogens with zero attached hydrogens (tertiary/aromatic N) is 2. The first-order valence-electron chi connectivity index (χ1n) is 10.4. The number of ether oxygens (including phenoxy) is 4. The van der Waals surface area contributed by atoms with Gasteiger partial charge in [0, 0.05) is 24.5 Å². The van der Waals surface area contributed by atoms with Crippen molar-refractivity contribution in [2.75, 3.05) is 28.4 Å². The maximum atomic E-state index is 12.1. The summed E-state index contributed by atoms with van der Waals surface area (Å²) in [5.41, 5.74) is 8.80. The van der Waals surface area contributed by atoms with Crippen molar-refractivity contribution in [1.29, 1.82) is 0 Å². The first-order chi connectivity index (χ1) is 16.0. The summed E-state index contributed by atoms with van der Waals surface area (Å²) >= 11 is 0. The van der Waals surface area contributed by atoms with Crippen LogP contribution in [0.2, 0.25) is 0 Å². The summed E-state index contributed by atoms with van der Waals surface area (Å²) in [4.78, 5) is 12.1. The van der Waals surface area contributed by atoms with Crippen molar-refractivity contribution in [3.05, 3.63) is 76.6 Å². The number of methoxy groups -OCH3 is 4. The molecule has 1 heterocycles. The van der Waals surface area contributed by atoms with Crippen molar-refractivity contribution >= 4 is 12.0 Å². The van der Waals surface area contributed by atoms with Gasteiger partial charge in [0.2, 0.25) is 5.75 Å². The van der Waals surface area contributed by atoms with Crippen LogP contribution in [0.25, 0.3) is 6.08 Å². The minimum atomic E-state index is -0.596. The molecule has 33 heavy (non-hydrogen) atoms. The number of fused-ring (bicyclic) bond motifs is 1. The van der Waals surface area contributed by atoms with Gasteiger partial charge in [-0.3, -0.25) is 4.79 Å². The molecule has 8 nitrogen and oxygen atoms in total.